The molecule has 0 atom stereocenters. The molecule has 1 N–H and O–H groups in total. The van der Waals surface area contributed by atoms with Crippen LogP contribution >= 0.6 is 35.1 Å². The topological polar surface area (TPSA) is 23.9 Å². The van der Waals surface area contributed by atoms with Crippen LogP contribution in [0.3, 0.4) is 0 Å². The van der Waals surface area contributed by atoms with Crippen LogP contribution in [0.2, 0.25) is 5.02 Å². The third-order valence-corrected chi connectivity index (χ3v) is 3.77. The van der Waals surface area contributed by atoms with Gasteiger partial charge in [-0.2, -0.15) is 0 Å². The highest BCUT2D eigenvalue weighted by atomic mass is 35.5. The molecule has 1 aliphatic rings. The minimum atomic E-state index is 0.769. The van der Waals surface area contributed by atoms with Crippen LogP contribution in [-0.2, 0) is 0 Å². The highest BCUT2D eigenvalue weighted by Crippen LogP contribution is 2.30. The number of benzene rings is 1. The Morgan fingerprint density at radius 1 is 1.38 bits per heavy atom. The van der Waals surface area contributed by atoms with E-state index < -0.39 is 0 Å². The monoisotopic (exact) mass is 231 g/mol. The van der Waals surface area contributed by atoms with E-state index in [4.69, 9.17) is 17.0 Å². The molecule has 1 saturated heterocycles. The second-order valence-electron chi connectivity index (χ2n) is 2.49. The zero-order valence-corrected chi connectivity index (χ0v) is 9.60. The van der Waals surface area contributed by atoms with Crippen molar-refractivity contribution in [3.63, 3.8) is 0 Å². The van der Waals surface area contributed by atoms with E-state index in [1.165, 1.54) is 5.56 Å². The molecule has 1 nitrogen and oxygen atoms in total. The molecule has 2 rings (SSSR count). The summed E-state index contributed by atoms with van der Waals surface area (Å²) >= 11 is 8.86. The average molecular weight is 232 g/mol. The second-order valence-corrected chi connectivity index (χ2v) is 5.52. The van der Waals surface area contributed by atoms with Gasteiger partial charge in [0.25, 0.3) is 0 Å². The van der Waals surface area contributed by atoms with Crippen molar-refractivity contribution in [3.05, 3.63) is 34.9 Å². The van der Waals surface area contributed by atoms with Crippen LogP contribution in [0.15, 0.2) is 24.3 Å². The molecule has 70 valence electrons. The molecule has 0 aromatic heterocycles. The standard InChI is InChI=1S/C7H7Cl.C2H3NS2/c1-6-3-2-4-7(8)5-6;3-2-4-1-5-2/h2-5H,1H3;3H,1H2. The summed E-state index contributed by atoms with van der Waals surface area (Å²) in [5.41, 5.74) is 1.21. The molecule has 0 amide bonds. The van der Waals surface area contributed by atoms with E-state index in [1.54, 1.807) is 23.5 Å². The van der Waals surface area contributed by atoms with Gasteiger partial charge in [-0.15, -0.1) is 0 Å². The van der Waals surface area contributed by atoms with Crippen LogP contribution in [0.1, 0.15) is 5.56 Å². The lowest BCUT2D eigenvalue weighted by Crippen LogP contribution is -1.93. The van der Waals surface area contributed by atoms with Gasteiger partial charge in [0.15, 0.2) is 0 Å². The van der Waals surface area contributed by atoms with Crippen molar-refractivity contribution >= 4 is 39.5 Å². The predicted molar refractivity (Wildman–Crippen MR) is 64.0 cm³/mol. The van der Waals surface area contributed by atoms with Crippen molar-refractivity contribution < 1.29 is 0 Å². The Morgan fingerprint density at radius 2 is 2.00 bits per heavy atom. The molecule has 1 aliphatic heterocycles. The first kappa shape index (κ1) is 11.0. The molecule has 0 spiro atoms. The number of thioether (sulfide) groups is 2. The summed E-state index contributed by atoms with van der Waals surface area (Å²) in [7, 11) is 0. The lowest BCUT2D eigenvalue weighted by atomic mass is 10.2. The number of nitrogens with one attached hydrogen (secondary N) is 1. The smallest absolute Gasteiger partial charge is 0.123 e. The van der Waals surface area contributed by atoms with Gasteiger partial charge in [-0.1, -0.05) is 47.3 Å². The first-order valence-electron chi connectivity index (χ1n) is 3.75. The van der Waals surface area contributed by atoms with E-state index in [2.05, 4.69) is 0 Å². The fraction of sp³-hybridized carbons (Fsp3) is 0.222. The second kappa shape index (κ2) is 5.58. The number of hydrogen-bond acceptors (Lipinski definition) is 3. The maximum atomic E-state index is 6.76. The van der Waals surface area contributed by atoms with E-state index in [9.17, 15) is 0 Å². The van der Waals surface area contributed by atoms with Gasteiger partial charge in [0, 0.05) is 5.02 Å². The summed E-state index contributed by atoms with van der Waals surface area (Å²) in [5, 5.41) is 8.66. The Balaban J connectivity index is 0.000000145. The molecule has 4 heteroatoms. The zero-order valence-electron chi connectivity index (χ0n) is 7.21. The van der Waals surface area contributed by atoms with Gasteiger partial charge >= 0.3 is 0 Å². The van der Waals surface area contributed by atoms with Crippen molar-refractivity contribution in [3.8, 4) is 0 Å². The molecule has 1 aromatic carbocycles. The summed E-state index contributed by atoms with van der Waals surface area (Å²) in [6, 6.07) is 7.76. The van der Waals surface area contributed by atoms with E-state index in [0.717, 1.165) is 14.5 Å². The normalized spacial score (nSPS) is 14.2. The Labute approximate surface area is 91.8 Å². The molecule has 1 aromatic rings. The van der Waals surface area contributed by atoms with E-state index in [1.807, 2.05) is 31.2 Å². The van der Waals surface area contributed by atoms with E-state index in [-0.39, 0.29) is 0 Å². The van der Waals surface area contributed by atoms with Gasteiger partial charge < -0.3 is 0 Å². The van der Waals surface area contributed by atoms with E-state index in [0.29, 0.717) is 0 Å². The van der Waals surface area contributed by atoms with Crippen molar-refractivity contribution in [1.82, 2.24) is 0 Å². The third kappa shape index (κ3) is 4.60. The SMILES string of the molecule is Cc1cccc(Cl)c1.N=C1SCS1. The molecule has 0 unspecified atom stereocenters. The molecule has 0 aliphatic carbocycles. The molecule has 0 radical (unpaired) electrons. The van der Waals surface area contributed by atoms with Gasteiger partial charge in [-0.3, -0.25) is 5.41 Å². The van der Waals surface area contributed by atoms with Crippen molar-refractivity contribution in [1.29, 1.82) is 5.41 Å². The Morgan fingerprint density at radius 3 is 2.23 bits per heavy atom. The summed E-state index contributed by atoms with van der Waals surface area (Å²) in [4.78, 5) is 0. The quantitative estimate of drug-likeness (QED) is 0.730. The van der Waals surface area contributed by atoms with E-state index >= 15 is 0 Å². The minimum absolute atomic E-state index is 0.769. The first-order chi connectivity index (χ1) is 6.18. The first-order valence-corrected chi connectivity index (χ1v) is 6.10. The van der Waals surface area contributed by atoms with Gasteiger partial charge in [-0.05, 0) is 24.6 Å². The van der Waals surface area contributed by atoms with Crippen LogP contribution in [-0.4, -0.2) is 9.46 Å². The van der Waals surface area contributed by atoms with Crippen LogP contribution in [0.25, 0.3) is 0 Å². The van der Waals surface area contributed by atoms with Crippen molar-refractivity contribution in [2.45, 2.75) is 6.92 Å². The van der Waals surface area contributed by atoms with Gasteiger partial charge in [0.2, 0.25) is 0 Å². The highest BCUT2D eigenvalue weighted by molar-refractivity contribution is 8.52. The number of rotatable bonds is 0. The summed E-state index contributed by atoms with van der Waals surface area (Å²) in [6.45, 7) is 2.02. The predicted octanol–water partition coefficient (Wildman–Crippen LogP) is 4.01. The maximum Gasteiger partial charge on any atom is 0.123 e. The molecule has 1 fully saturated rings. The number of aryl methyl sites for hydroxylation is 1. The molecule has 0 bridgehead atoms. The number of halogens is 1. The lowest BCUT2D eigenvalue weighted by molar-refractivity contribution is 1.47. The minimum Gasteiger partial charge on any atom is -0.288 e. The summed E-state index contributed by atoms with van der Waals surface area (Å²) in [5.74, 6) is 0. The average Bonchev–Trinajstić information content (AvgIpc) is 2.01. The maximum absolute atomic E-state index is 6.76. The summed E-state index contributed by atoms with van der Waals surface area (Å²) < 4.78 is 0.769. The fourth-order valence-corrected chi connectivity index (χ4v) is 1.91. The highest BCUT2D eigenvalue weighted by Gasteiger charge is 2.06. The van der Waals surface area contributed by atoms with Gasteiger partial charge in [0.1, 0.15) is 4.38 Å². The molecular formula is C9H10ClNS2. The third-order valence-electron chi connectivity index (χ3n) is 1.36. The van der Waals surface area contributed by atoms with Crippen LogP contribution in [0.4, 0.5) is 0 Å². The van der Waals surface area contributed by atoms with Gasteiger partial charge in [0.05, 0.1) is 5.08 Å². The van der Waals surface area contributed by atoms with Gasteiger partial charge in [-0.25, -0.2) is 0 Å². The Bertz CT molecular complexity index is 278. The Hall–Kier alpha value is -0.120. The summed E-state index contributed by atoms with van der Waals surface area (Å²) in [6.07, 6.45) is 0. The zero-order chi connectivity index (χ0) is 9.68. The van der Waals surface area contributed by atoms with Crippen LogP contribution in [0, 0.1) is 12.3 Å². The van der Waals surface area contributed by atoms with Crippen molar-refractivity contribution in [2.75, 3.05) is 5.08 Å². The van der Waals surface area contributed by atoms with Crippen LogP contribution < -0.4 is 0 Å². The van der Waals surface area contributed by atoms with Crippen molar-refractivity contribution in [2.24, 2.45) is 0 Å². The fourth-order valence-electron chi connectivity index (χ4n) is 0.723. The van der Waals surface area contributed by atoms with Crippen LogP contribution in [0.5, 0.6) is 0 Å². The molecule has 1 heterocycles. The molecule has 13 heavy (non-hydrogen) atoms. The lowest BCUT2D eigenvalue weighted by Gasteiger charge is -2.07. The molecular weight excluding hydrogens is 222 g/mol. The number of hydrogen-bond donors (Lipinski definition) is 1. The Kier molecular flexibility index (Phi) is 4.70. The largest absolute Gasteiger partial charge is 0.288 e. The molecule has 0 saturated carbocycles.